The van der Waals surface area contributed by atoms with Crippen LogP contribution in [-0.4, -0.2) is 13.9 Å². The van der Waals surface area contributed by atoms with Gasteiger partial charge in [-0.25, -0.2) is 8.78 Å². The molecule has 0 aliphatic heterocycles. The molecule has 1 rings (SSSR count). The molecule has 0 fully saturated rings. The van der Waals surface area contributed by atoms with Crippen LogP contribution in [0.1, 0.15) is 0 Å². The van der Waals surface area contributed by atoms with E-state index >= 15 is 0 Å². The average Bonchev–Trinajstić information content (AvgIpc) is 2.09. The maximum atomic E-state index is 12.7. The fraction of sp³-hybridized carbons (Fsp3) is 0.250. The van der Waals surface area contributed by atoms with Crippen LogP contribution in [0.5, 0.6) is 5.75 Å². The van der Waals surface area contributed by atoms with Crippen molar-refractivity contribution in [3.05, 3.63) is 29.6 Å². The van der Waals surface area contributed by atoms with Gasteiger partial charge in [0.1, 0.15) is 0 Å². The van der Waals surface area contributed by atoms with E-state index < -0.39 is 23.2 Å². The molecule has 0 radical (unpaired) electrons. The monoisotopic (exact) mass is 230 g/mol. The van der Waals surface area contributed by atoms with Gasteiger partial charge in [-0.1, -0.05) is 6.07 Å². The quantitative estimate of drug-likeness (QED) is 0.284. The summed E-state index contributed by atoms with van der Waals surface area (Å²) in [7, 11) is 1.32. The number of methoxy groups -OCH3 is 1. The molecule has 2 nitrogen and oxygen atoms in total. The van der Waals surface area contributed by atoms with Gasteiger partial charge in [-0.2, -0.15) is 0 Å². The zero-order valence-electron chi connectivity index (χ0n) is 7.73. The SMILES string of the molecule is COCOc1cc(F)c(F)[c-]c1F.[K+]. The Labute approximate surface area is 122 Å². The summed E-state index contributed by atoms with van der Waals surface area (Å²) in [5.74, 6) is -4.11. The van der Waals surface area contributed by atoms with E-state index in [1.54, 1.807) is 0 Å². The molecule has 0 aliphatic rings. The molecule has 0 saturated heterocycles. The molecular formula is C8H6F3KO2. The van der Waals surface area contributed by atoms with Crippen LogP contribution < -0.4 is 56.1 Å². The molecule has 0 spiro atoms. The molecule has 0 unspecified atom stereocenters. The van der Waals surface area contributed by atoms with Crippen molar-refractivity contribution in [1.29, 1.82) is 0 Å². The Morgan fingerprint density at radius 2 is 1.93 bits per heavy atom. The van der Waals surface area contributed by atoms with Gasteiger partial charge in [-0.05, 0) is 0 Å². The Hall–Kier alpha value is 0.406. The Bertz CT molecular complexity index is 307. The minimum absolute atomic E-state index is 0. The molecule has 1 aromatic rings. The molecule has 0 heterocycles. The number of benzene rings is 1. The van der Waals surface area contributed by atoms with Crippen LogP contribution in [0.2, 0.25) is 0 Å². The summed E-state index contributed by atoms with van der Waals surface area (Å²) in [6.45, 7) is -0.240. The normalized spacial score (nSPS) is 9.43. The van der Waals surface area contributed by atoms with Crippen LogP contribution in [-0.2, 0) is 4.74 Å². The minimum Gasteiger partial charge on any atom is -0.525 e. The van der Waals surface area contributed by atoms with E-state index in [0.717, 1.165) is 0 Å². The molecule has 1 aromatic carbocycles. The van der Waals surface area contributed by atoms with Crippen LogP contribution in [0.15, 0.2) is 6.07 Å². The van der Waals surface area contributed by atoms with E-state index in [1.165, 1.54) is 13.2 Å². The molecule has 0 atom stereocenters. The fourth-order valence-corrected chi connectivity index (χ4v) is 0.687. The van der Waals surface area contributed by atoms with Crippen molar-refractivity contribution in [3.63, 3.8) is 0 Å². The maximum Gasteiger partial charge on any atom is 1.00 e. The smallest absolute Gasteiger partial charge is 0.525 e. The zero-order valence-corrected chi connectivity index (χ0v) is 10.9. The molecule has 0 amide bonds. The van der Waals surface area contributed by atoms with E-state index in [4.69, 9.17) is 0 Å². The van der Waals surface area contributed by atoms with E-state index in [0.29, 0.717) is 6.07 Å². The van der Waals surface area contributed by atoms with Gasteiger partial charge in [0.15, 0.2) is 6.79 Å². The van der Waals surface area contributed by atoms with Gasteiger partial charge in [-0.3, -0.25) is 4.39 Å². The number of hydrogen-bond donors (Lipinski definition) is 0. The van der Waals surface area contributed by atoms with Crippen LogP contribution in [0.3, 0.4) is 0 Å². The Morgan fingerprint density at radius 1 is 1.29 bits per heavy atom. The van der Waals surface area contributed by atoms with Gasteiger partial charge in [0.2, 0.25) is 0 Å². The standard InChI is InChI=1S/C8H6F3O2.K/c1-12-4-13-8-3-6(10)5(9)2-7(8)11;/h3H,4H2,1H3;/q-1;+1. The molecule has 6 heteroatoms. The first-order valence-electron chi connectivity index (χ1n) is 3.33. The van der Waals surface area contributed by atoms with E-state index in [-0.39, 0.29) is 58.2 Å². The van der Waals surface area contributed by atoms with Gasteiger partial charge >= 0.3 is 51.4 Å². The van der Waals surface area contributed by atoms with E-state index in [9.17, 15) is 13.2 Å². The number of ether oxygens (including phenoxy) is 2. The van der Waals surface area contributed by atoms with Crippen molar-refractivity contribution in [2.24, 2.45) is 0 Å². The predicted octanol–water partition coefficient (Wildman–Crippen LogP) is -1.11. The number of hydrogen-bond acceptors (Lipinski definition) is 2. The molecule has 0 aromatic heterocycles. The maximum absolute atomic E-state index is 12.7. The number of halogens is 3. The van der Waals surface area contributed by atoms with Gasteiger partial charge in [0.05, 0.1) is 5.82 Å². The zero-order chi connectivity index (χ0) is 9.84. The van der Waals surface area contributed by atoms with Crippen molar-refractivity contribution in [2.75, 3.05) is 13.9 Å². The Balaban J connectivity index is 0.00000169. The van der Waals surface area contributed by atoms with Crippen molar-refractivity contribution in [2.45, 2.75) is 0 Å². The third kappa shape index (κ3) is 3.88. The van der Waals surface area contributed by atoms with Crippen molar-refractivity contribution < 1.29 is 74.0 Å². The summed E-state index contributed by atoms with van der Waals surface area (Å²) in [5.41, 5.74) is 0. The van der Waals surface area contributed by atoms with E-state index in [2.05, 4.69) is 9.47 Å². The molecule has 0 aliphatic carbocycles. The Morgan fingerprint density at radius 3 is 2.50 bits per heavy atom. The van der Waals surface area contributed by atoms with Crippen molar-refractivity contribution in [3.8, 4) is 5.75 Å². The van der Waals surface area contributed by atoms with Crippen molar-refractivity contribution in [1.82, 2.24) is 0 Å². The first-order chi connectivity index (χ1) is 6.15. The average molecular weight is 230 g/mol. The van der Waals surface area contributed by atoms with Gasteiger partial charge in [-0.15, -0.1) is 6.07 Å². The van der Waals surface area contributed by atoms with Gasteiger partial charge in [0.25, 0.3) is 0 Å². The summed E-state index contributed by atoms with van der Waals surface area (Å²) < 4.78 is 46.6. The molecule has 14 heavy (non-hydrogen) atoms. The molecule has 72 valence electrons. The molecule has 0 saturated carbocycles. The topological polar surface area (TPSA) is 18.5 Å². The summed E-state index contributed by atoms with van der Waals surface area (Å²) in [5, 5.41) is 0. The Kier molecular flexibility index (Phi) is 7.01. The molecule has 0 N–H and O–H groups in total. The summed E-state index contributed by atoms with van der Waals surface area (Å²) in [4.78, 5) is 0. The van der Waals surface area contributed by atoms with Crippen LogP contribution in [0.25, 0.3) is 0 Å². The third-order valence-electron chi connectivity index (χ3n) is 1.24. The second kappa shape index (κ2) is 6.81. The first-order valence-corrected chi connectivity index (χ1v) is 3.33. The third-order valence-corrected chi connectivity index (χ3v) is 1.24. The summed E-state index contributed by atoms with van der Waals surface area (Å²) in [6.07, 6.45) is 0. The molecular weight excluding hydrogens is 224 g/mol. The van der Waals surface area contributed by atoms with Crippen LogP contribution in [0, 0.1) is 23.5 Å². The first kappa shape index (κ1) is 14.4. The van der Waals surface area contributed by atoms with Crippen molar-refractivity contribution >= 4 is 0 Å². The van der Waals surface area contributed by atoms with Gasteiger partial charge < -0.3 is 9.47 Å². The summed E-state index contributed by atoms with van der Waals surface area (Å²) in [6, 6.07) is 2.12. The van der Waals surface area contributed by atoms with Crippen LogP contribution in [0.4, 0.5) is 13.2 Å². The second-order valence-electron chi connectivity index (χ2n) is 2.16. The van der Waals surface area contributed by atoms with E-state index in [1.807, 2.05) is 0 Å². The van der Waals surface area contributed by atoms with Gasteiger partial charge in [0, 0.05) is 24.5 Å². The predicted molar refractivity (Wildman–Crippen MR) is 37.7 cm³/mol. The number of rotatable bonds is 3. The fourth-order valence-electron chi connectivity index (χ4n) is 0.687. The second-order valence-corrected chi connectivity index (χ2v) is 2.16. The van der Waals surface area contributed by atoms with Crippen LogP contribution >= 0.6 is 0 Å². The molecule has 0 bridgehead atoms. The largest absolute Gasteiger partial charge is 1.00 e. The summed E-state index contributed by atoms with van der Waals surface area (Å²) >= 11 is 0. The minimum atomic E-state index is -1.37.